The van der Waals surface area contributed by atoms with Crippen molar-refractivity contribution in [3.63, 3.8) is 0 Å². The number of nitroso groups, excluding NO2 is 1. The van der Waals surface area contributed by atoms with Crippen LogP contribution in [0.4, 0.5) is 0 Å². The Hall–Kier alpha value is -0.370. The standard InChI is InChI=1S/C7H18N5OS/c1-4-7(6-10(2)3)5-9-11(7)14-12(8)13/h9H,4-6H2,1-3H3,(H2,8,13)/q+1. The van der Waals surface area contributed by atoms with Gasteiger partial charge in [-0.05, 0) is 20.5 Å². The average Bonchev–Trinajstić information content (AvgIpc) is 2.08. The molecule has 6 nitrogen and oxygen atoms in total. The first-order valence-corrected chi connectivity index (χ1v) is 5.32. The van der Waals surface area contributed by atoms with Crippen molar-refractivity contribution in [3.05, 3.63) is 4.91 Å². The second kappa shape index (κ2) is 4.43. The molecule has 1 aliphatic rings. The number of hydrogen-bond donors (Lipinski definition) is 2. The molecule has 7 heteroatoms. The van der Waals surface area contributed by atoms with Gasteiger partial charge < -0.3 is 4.90 Å². The zero-order chi connectivity index (χ0) is 10.8. The van der Waals surface area contributed by atoms with E-state index in [-0.39, 0.29) is 5.54 Å². The first kappa shape index (κ1) is 11.7. The third kappa shape index (κ3) is 2.35. The molecule has 0 aromatic carbocycles. The molecule has 1 heterocycles. The minimum absolute atomic E-state index is 0.0240. The molecule has 0 spiro atoms. The minimum Gasteiger partial charge on any atom is -0.307 e. The molecule has 1 unspecified atom stereocenters. The van der Waals surface area contributed by atoms with E-state index in [0.29, 0.717) is 4.27 Å². The molecule has 82 valence electrons. The van der Waals surface area contributed by atoms with Crippen LogP contribution in [0.1, 0.15) is 13.3 Å². The van der Waals surface area contributed by atoms with E-state index in [1.807, 2.05) is 18.5 Å². The van der Waals surface area contributed by atoms with Crippen molar-refractivity contribution >= 4 is 12.1 Å². The quantitative estimate of drug-likeness (QED) is 0.288. The summed E-state index contributed by atoms with van der Waals surface area (Å²) in [5.74, 6) is 5.05. The second-order valence-corrected chi connectivity index (χ2v) is 4.70. The van der Waals surface area contributed by atoms with Gasteiger partial charge in [0.1, 0.15) is 0 Å². The molecule has 0 amide bonds. The fraction of sp³-hybridized carbons (Fsp3) is 1.00. The van der Waals surface area contributed by atoms with E-state index in [1.54, 1.807) is 0 Å². The van der Waals surface area contributed by atoms with Crippen molar-refractivity contribution in [2.45, 2.75) is 18.9 Å². The van der Waals surface area contributed by atoms with Gasteiger partial charge in [-0.25, -0.2) is 5.43 Å². The smallest absolute Gasteiger partial charge is 0.307 e. The summed E-state index contributed by atoms with van der Waals surface area (Å²) in [5.41, 5.74) is 3.10. The van der Waals surface area contributed by atoms with E-state index >= 15 is 0 Å². The highest BCUT2D eigenvalue weighted by Crippen LogP contribution is 2.31. The fourth-order valence-corrected chi connectivity index (χ4v) is 2.36. The lowest BCUT2D eigenvalue weighted by Gasteiger charge is -2.49. The van der Waals surface area contributed by atoms with Crippen molar-refractivity contribution in [2.75, 3.05) is 27.2 Å². The molecule has 1 fully saturated rings. The summed E-state index contributed by atoms with van der Waals surface area (Å²) >= 11 is 0.966. The van der Waals surface area contributed by atoms with Crippen LogP contribution in [0.15, 0.2) is 0 Å². The van der Waals surface area contributed by atoms with Gasteiger partial charge in [0.25, 0.3) is 0 Å². The normalized spacial score (nSPS) is 27.7. The Balaban J connectivity index is 2.56. The van der Waals surface area contributed by atoms with E-state index in [2.05, 4.69) is 17.2 Å². The van der Waals surface area contributed by atoms with E-state index in [4.69, 9.17) is 5.84 Å². The van der Waals surface area contributed by atoms with Crippen LogP contribution in [0, 0.1) is 4.91 Å². The lowest BCUT2D eigenvalue weighted by molar-refractivity contribution is -0.390. The van der Waals surface area contributed by atoms with Gasteiger partial charge >= 0.3 is 12.1 Å². The lowest BCUT2D eigenvalue weighted by Crippen LogP contribution is -2.72. The third-order valence-corrected chi connectivity index (χ3v) is 3.25. The van der Waals surface area contributed by atoms with Crippen molar-refractivity contribution in [1.29, 1.82) is 0 Å². The van der Waals surface area contributed by atoms with E-state index in [1.165, 1.54) is 0 Å². The maximum absolute atomic E-state index is 10.7. The molecule has 0 aromatic heterocycles. The van der Waals surface area contributed by atoms with Crippen molar-refractivity contribution < 1.29 is 4.27 Å². The number of hydrazine groups is 2. The topological polar surface area (TPSA) is 64.6 Å². The van der Waals surface area contributed by atoms with Crippen molar-refractivity contribution in [1.82, 2.24) is 14.7 Å². The molecule has 1 atom stereocenters. The summed E-state index contributed by atoms with van der Waals surface area (Å²) in [5, 5.41) is 0. The number of nitrogens with one attached hydrogen (secondary N) is 1. The Labute approximate surface area is 88.6 Å². The maximum Gasteiger partial charge on any atom is 0.363 e. The zero-order valence-corrected chi connectivity index (χ0v) is 9.67. The van der Waals surface area contributed by atoms with Gasteiger partial charge in [0.15, 0.2) is 0 Å². The Bertz CT molecular complexity index is 220. The van der Waals surface area contributed by atoms with Crippen LogP contribution >= 0.6 is 12.1 Å². The molecular formula is C7H18N5OS+. The SMILES string of the molecule is CCC1(CN(C)C)CNN1S[N+](N)=O. The van der Waals surface area contributed by atoms with Crippen LogP contribution in [0.3, 0.4) is 0 Å². The van der Waals surface area contributed by atoms with Gasteiger partial charge in [0.2, 0.25) is 4.27 Å². The first-order chi connectivity index (χ1) is 6.50. The number of rotatable bonds is 5. The third-order valence-electron chi connectivity index (χ3n) is 2.41. The highest BCUT2D eigenvalue weighted by Gasteiger charge is 2.48. The van der Waals surface area contributed by atoms with Crippen LogP contribution < -0.4 is 11.3 Å². The van der Waals surface area contributed by atoms with Crippen LogP contribution in [-0.4, -0.2) is 46.3 Å². The maximum atomic E-state index is 10.7. The Kier molecular flexibility index (Phi) is 3.71. The Morgan fingerprint density at radius 2 is 2.36 bits per heavy atom. The van der Waals surface area contributed by atoms with Crippen LogP contribution in [0.25, 0.3) is 0 Å². The molecule has 0 aliphatic carbocycles. The van der Waals surface area contributed by atoms with Crippen LogP contribution in [0.2, 0.25) is 0 Å². The summed E-state index contributed by atoms with van der Waals surface area (Å²) in [6.07, 6.45) is 0.985. The molecule has 0 bridgehead atoms. The highest BCUT2D eigenvalue weighted by molar-refractivity contribution is 7.90. The number of nitrogens with zero attached hydrogens (tertiary/aromatic N) is 3. The average molecular weight is 220 g/mol. The number of nitrogens with two attached hydrogens (primary N) is 1. The summed E-state index contributed by atoms with van der Waals surface area (Å²) < 4.78 is 2.20. The van der Waals surface area contributed by atoms with Gasteiger partial charge in [-0.2, -0.15) is 0 Å². The predicted octanol–water partition coefficient (Wildman–Crippen LogP) is -0.267. The summed E-state index contributed by atoms with van der Waals surface area (Å²) in [6, 6.07) is 0. The zero-order valence-electron chi connectivity index (χ0n) is 8.86. The molecule has 14 heavy (non-hydrogen) atoms. The Morgan fingerprint density at radius 1 is 1.71 bits per heavy atom. The van der Waals surface area contributed by atoms with Gasteiger partial charge in [0.05, 0.1) is 10.4 Å². The molecule has 1 aliphatic heterocycles. The predicted molar refractivity (Wildman–Crippen MR) is 56.8 cm³/mol. The summed E-state index contributed by atoms with van der Waals surface area (Å²) in [4.78, 5) is 12.8. The van der Waals surface area contributed by atoms with E-state index < -0.39 is 0 Å². The van der Waals surface area contributed by atoms with Gasteiger partial charge in [-0.15, -0.1) is 10.3 Å². The van der Waals surface area contributed by atoms with Crippen molar-refractivity contribution in [3.8, 4) is 0 Å². The minimum atomic E-state index is 0.0240. The molecular weight excluding hydrogens is 202 g/mol. The monoisotopic (exact) mass is 220 g/mol. The van der Waals surface area contributed by atoms with Crippen LogP contribution in [0.5, 0.6) is 0 Å². The molecule has 0 aromatic rings. The van der Waals surface area contributed by atoms with Crippen molar-refractivity contribution in [2.24, 2.45) is 5.84 Å². The summed E-state index contributed by atoms with van der Waals surface area (Å²) in [7, 11) is 4.05. The fourth-order valence-electron chi connectivity index (χ4n) is 1.65. The van der Waals surface area contributed by atoms with Gasteiger partial charge in [-0.1, -0.05) is 6.92 Å². The molecule has 3 N–H and O–H groups in total. The molecule has 1 saturated heterocycles. The number of hydrogen-bond acceptors (Lipinski definition) is 5. The van der Waals surface area contributed by atoms with Gasteiger partial charge in [-0.3, -0.25) is 0 Å². The largest absolute Gasteiger partial charge is 0.363 e. The Morgan fingerprint density at radius 3 is 2.64 bits per heavy atom. The summed E-state index contributed by atoms with van der Waals surface area (Å²) in [6.45, 7) is 3.92. The first-order valence-electron chi connectivity index (χ1n) is 4.59. The van der Waals surface area contributed by atoms with Gasteiger partial charge in [0, 0.05) is 13.1 Å². The lowest BCUT2D eigenvalue weighted by atomic mass is 9.93. The number of likely N-dealkylation sites (N-methyl/N-ethyl adjacent to an activating group) is 1. The highest BCUT2D eigenvalue weighted by atomic mass is 32.2. The van der Waals surface area contributed by atoms with E-state index in [0.717, 1.165) is 31.6 Å². The van der Waals surface area contributed by atoms with E-state index in [9.17, 15) is 4.91 Å². The molecule has 0 saturated carbocycles. The molecule has 0 radical (unpaired) electrons. The second-order valence-electron chi connectivity index (χ2n) is 3.81. The molecule has 1 rings (SSSR count). The van der Waals surface area contributed by atoms with Crippen LogP contribution in [-0.2, 0) is 0 Å².